The molecule has 2 aromatic rings. The molecule has 4 nitrogen and oxygen atoms in total. The second-order valence-electron chi connectivity index (χ2n) is 3.60. The first-order valence-corrected chi connectivity index (χ1v) is 5.79. The molecule has 1 aromatic carbocycles. The third-order valence-corrected chi connectivity index (χ3v) is 2.69. The van der Waals surface area contributed by atoms with E-state index in [0.29, 0.717) is 23.1 Å². The Morgan fingerprint density at radius 1 is 1.47 bits per heavy atom. The fourth-order valence-corrected chi connectivity index (χ4v) is 1.69. The van der Waals surface area contributed by atoms with Gasteiger partial charge in [0.15, 0.2) is 5.75 Å². The van der Waals surface area contributed by atoms with Crippen LogP contribution in [0.4, 0.5) is 0 Å². The molecule has 0 radical (unpaired) electrons. The molecule has 2 N–H and O–H groups in total. The fraction of sp³-hybridized carbons (Fsp3) is 0.250. The number of hydrogen-bond donors (Lipinski definition) is 1. The third-order valence-electron chi connectivity index (χ3n) is 2.39. The lowest BCUT2D eigenvalue weighted by Crippen LogP contribution is -1.96. The molecule has 0 bridgehead atoms. The number of rotatable bonds is 4. The highest BCUT2D eigenvalue weighted by molar-refractivity contribution is 6.32. The van der Waals surface area contributed by atoms with Gasteiger partial charge < -0.3 is 10.5 Å². The summed E-state index contributed by atoms with van der Waals surface area (Å²) < 4.78 is 7.42. The molecule has 0 aliphatic heterocycles. The maximum absolute atomic E-state index is 6.09. The zero-order valence-corrected chi connectivity index (χ0v) is 10.3. The van der Waals surface area contributed by atoms with Gasteiger partial charge in [0.25, 0.3) is 0 Å². The number of benzene rings is 1. The molecular formula is C12H14ClN3O. The van der Waals surface area contributed by atoms with E-state index in [2.05, 4.69) is 5.10 Å². The van der Waals surface area contributed by atoms with Gasteiger partial charge in [-0.1, -0.05) is 17.7 Å². The number of ether oxygens (including phenoxy) is 1. The second-order valence-corrected chi connectivity index (χ2v) is 4.01. The summed E-state index contributed by atoms with van der Waals surface area (Å²) in [7, 11) is 0. The monoisotopic (exact) mass is 251 g/mol. The molecule has 1 heterocycles. The summed E-state index contributed by atoms with van der Waals surface area (Å²) in [5, 5.41) is 4.68. The highest BCUT2D eigenvalue weighted by atomic mass is 35.5. The molecule has 0 saturated carbocycles. The quantitative estimate of drug-likeness (QED) is 0.909. The van der Waals surface area contributed by atoms with E-state index in [4.69, 9.17) is 22.1 Å². The lowest BCUT2D eigenvalue weighted by molar-refractivity contribution is 0.481. The minimum atomic E-state index is 0.466. The predicted octanol–water partition coefficient (Wildman–Crippen LogP) is 2.81. The van der Waals surface area contributed by atoms with Gasteiger partial charge in [-0.2, -0.15) is 5.10 Å². The normalized spacial score (nSPS) is 10.5. The van der Waals surface area contributed by atoms with Crippen LogP contribution in [-0.4, -0.2) is 9.78 Å². The first-order chi connectivity index (χ1) is 8.22. The van der Waals surface area contributed by atoms with Crippen molar-refractivity contribution in [2.24, 2.45) is 5.73 Å². The summed E-state index contributed by atoms with van der Waals surface area (Å²) >= 11 is 6.09. The highest BCUT2D eigenvalue weighted by Gasteiger charge is 2.05. The molecule has 0 amide bonds. The maximum atomic E-state index is 6.09. The van der Waals surface area contributed by atoms with Gasteiger partial charge in [0.2, 0.25) is 0 Å². The van der Waals surface area contributed by atoms with Gasteiger partial charge in [-0.3, -0.25) is 4.68 Å². The lowest BCUT2D eigenvalue weighted by Gasteiger charge is -2.06. The van der Waals surface area contributed by atoms with Crippen molar-refractivity contribution in [3.63, 3.8) is 0 Å². The molecule has 0 aliphatic carbocycles. The smallest absolute Gasteiger partial charge is 0.165 e. The van der Waals surface area contributed by atoms with E-state index in [1.807, 2.05) is 25.3 Å². The average Bonchev–Trinajstić information content (AvgIpc) is 2.79. The molecule has 5 heteroatoms. The van der Waals surface area contributed by atoms with Crippen molar-refractivity contribution in [3.05, 3.63) is 41.2 Å². The number of halogens is 1. The van der Waals surface area contributed by atoms with Gasteiger partial charge in [-0.25, -0.2) is 0 Å². The minimum absolute atomic E-state index is 0.466. The topological polar surface area (TPSA) is 53.1 Å². The van der Waals surface area contributed by atoms with E-state index >= 15 is 0 Å². The first kappa shape index (κ1) is 12.0. The van der Waals surface area contributed by atoms with Crippen LogP contribution in [0.2, 0.25) is 5.02 Å². The van der Waals surface area contributed by atoms with E-state index in [9.17, 15) is 0 Å². The average molecular weight is 252 g/mol. The Morgan fingerprint density at radius 2 is 2.29 bits per heavy atom. The van der Waals surface area contributed by atoms with E-state index in [0.717, 1.165) is 12.1 Å². The van der Waals surface area contributed by atoms with Crippen molar-refractivity contribution >= 4 is 11.6 Å². The van der Waals surface area contributed by atoms with Crippen molar-refractivity contribution < 1.29 is 4.74 Å². The largest absolute Gasteiger partial charge is 0.452 e. The zero-order chi connectivity index (χ0) is 12.3. The van der Waals surface area contributed by atoms with Crippen LogP contribution in [-0.2, 0) is 13.1 Å². The molecule has 0 saturated heterocycles. The molecule has 0 aliphatic rings. The van der Waals surface area contributed by atoms with Crippen molar-refractivity contribution in [2.75, 3.05) is 0 Å². The van der Waals surface area contributed by atoms with Crippen LogP contribution in [0.25, 0.3) is 0 Å². The number of nitrogens with zero attached hydrogens (tertiary/aromatic N) is 2. The van der Waals surface area contributed by atoms with Gasteiger partial charge in [0.1, 0.15) is 5.75 Å². The molecule has 0 unspecified atom stereocenters. The summed E-state index contributed by atoms with van der Waals surface area (Å²) in [6, 6.07) is 5.51. The van der Waals surface area contributed by atoms with Gasteiger partial charge in [-0.05, 0) is 24.6 Å². The molecule has 90 valence electrons. The Bertz CT molecular complexity index is 510. The Morgan fingerprint density at radius 3 is 2.88 bits per heavy atom. The van der Waals surface area contributed by atoms with Gasteiger partial charge in [0.05, 0.1) is 17.4 Å². The van der Waals surface area contributed by atoms with Crippen LogP contribution >= 0.6 is 11.6 Å². The third kappa shape index (κ3) is 2.78. The predicted molar refractivity (Wildman–Crippen MR) is 67.3 cm³/mol. The van der Waals surface area contributed by atoms with E-state index < -0.39 is 0 Å². The molecule has 2 rings (SSSR count). The number of aryl methyl sites for hydroxylation is 1. The van der Waals surface area contributed by atoms with Crippen LogP contribution in [0.3, 0.4) is 0 Å². The number of aromatic nitrogens is 2. The van der Waals surface area contributed by atoms with Crippen molar-refractivity contribution in [3.8, 4) is 11.5 Å². The van der Waals surface area contributed by atoms with E-state index in [1.165, 1.54) is 0 Å². The molecule has 0 spiro atoms. The first-order valence-electron chi connectivity index (χ1n) is 5.41. The van der Waals surface area contributed by atoms with E-state index in [-0.39, 0.29) is 0 Å². The Hall–Kier alpha value is -1.52. The molecule has 0 atom stereocenters. The van der Waals surface area contributed by atoms with Crippen LogP contribution in [0.15, 0.2) is 30.6 Å². The fourth-order valence-electron chi connectivity index (χ4n) is 1.45. The van der Waals surface area contributed by atoms with Crippen LogP contribution in [0, 0.1) is 0 Å². The van der Waals surface area contributed by atoms with Crippen LogP contribution in [0.1, 0.15) is 12.5 Å². The van der Waals surface area contributed by atoms with Gasteiger partial charge in [-0.15, -0.1) is 0 Å². The van der Waals surface area contributed by atoms with Crippen molar-refractivity contribution in [1.29, 1.82) is 0 Å². The maximum Gasteiger partial charge on any atom is 0.165 e. The van der Waals surface area contributed by atoms with Crippen LogP contribution < -0.4 is 10.5 Å². The summed E-state index contributed by atoms with van der Waals surface area (Å²) in [5.74, 6) is 1.29. The summed E-state index contributed by atoms with van der Waals surface area (Å²) in [6.07, 6.45) is 3.49. The Kier molecular flexibility index (Phi) is 3.66. The molecular weight excluding hydrogens is 238 g/mol. The van der Waals surface area contributed by atoms with Crippen molar-refractivity contribution in [2.45, 2.75) is 20.0 Å². The van der Waals surface area contributed by atoms with Gasteiger partial charge >= 0.3 is 0 Å². The summed E-state index contributed by atoms with van der Waals surface area (Å²) in [5.41, 5.74) is 6.51. The molecule has 17 heavy (non-hydrogen) atoms. The minimum Gasteiger partial charge on any atom is -0.452 e. The second kappa shape index (κ2) is 5.21. The Labute approximate surface area is 105 Å². The van der Waals surface area contributed by atoms with E-state index in [1.54, 1.807) is 16.9 Å². The van der Waals surface area contributed by atoms with Crippen LogP contribution in [0.5, 0.6) is 11.5 Å². The zero-order valence-electron chi connectivity index (χ0n) is 9.56. The molecule has 0 fully saturated rings. The van der Waals surface area contributed by atoms with Crippen molar-refractivity contribution in [1.82, 2.24) is 9.78 Å². The number of hydrogen-bond acceptors (Lipinski definition) is 3. The standard InChI is InChI=1S/C12H14ClN3O/c1-2-16-8-10(7-15-16)17-12-4-3-9(6-14)5-11(12)13/h3-5,7-8H,2,6,14H2,1H3. The summed E-state index contributed by atoms with van der Waals surface area (Å²) in [4.78, 5) is 0. The Balaban J connectivity index is 2.18. The molecule has 1 aromatic heterocycles. The summed E-state index contributed by atoms with van der Waals surface area (Å²) in [6.45, 7) is 3.29. The number of nitrogens with two attached hydrogens (primary N) is 1. The SMILES string of the molecule is CCn1cc(Oc2ccc(CN)cc2Cl)cn1. The highest BCUT2D eigenvalue weighted by Crippen LogP contribution is 2.29. The lowest BCUT2D eigenvalue weighted by atomic mass is 10.2. The van der Waals surface area contributed by atoms with Gasteiger partial charge in [0, 0.05) is 13.1 Å².